The minimum Gasteiger partial charge on any atom is -0.455 e. The summed E-state index contributed by atoms with van der Waals surface area (Å²) >= 11 is 7.13. The first-order chi connectivity index (χ1) is 36.6. The molecule has 0 bridgehead atoms. The molecule has 14 rings (SSSR count). The SMILES string of the molecule is OCc1cc(-c2cccc3c2Sc2ccccc2S3)c(Oc2ccc3ccccc3c2-c2c(Oc3c(-c4cccc5c4Sc4ccccc4S5)cc(CO)c4ccccc34)ccc3ccccc23)c2ccccc12. The lowest BCUT2D eigenvalue weighted by Gasteiger charge is -2.25. The van der Waals surface area contributed by atoms with Crippen molar-refractivity contribution in [2.45, 2.75) is 52.4 Å². The molecule has 354 valence electrons. The van der Waals surface area contributed by atoms with Crippen LogP contribution in [0.1, 0.15) is 11.1 Å². The Hall–Kier alpha value is -7.40. The fourth-order valence-electron chi connectivity index (χ4n) is 10.7. The predicted octanol–water partition coefficient (Wildman–Crippen LogP) is 19.1. The van der Waals surface area contributed by atoms with Gasteiger partial charge in [0.25, 0.3) is 0 Å². The molecule has 0 saturated heterocycles. The maximum Gasteiger partial charge on any atom is 0.143 e. The molecule has 0 radical (unpaired) electrons. The second-order valence-corrected chi connectivity index (χ2v) is 22.6. The van der Waals surface area contributed by atoms with Gasteiger partial charge in [0.05, 0.1) is 13.2 Å². The van der Waals surface area contributed by atoms with Crippen molar-refractivity contribution in [3.8, 4) is 56.4 Å². The lowest BCUT2D eigenvalue weighted by Crippen LogP contribution is -2.00. The van der Waals surface area contributed by atoms with Gasteiger partial charge in [-0.25, -0.2) is 0 Å². The topological polar surface area (TPSA) is 58.9 Å². The van der Waals surface area contributed by atoms with E-state index in [1.807, 2.05) is 24.3 Å². The van der Waals surface area contributed by atoms with Crippen LogP contribution in [0.15, 0.2) is 258 Å². The standard InChI is InChI=1S/C66H42O4S4/c67-37-41-35-51(49-23-13-29-59-65(49)73-57-27-11-9-25-55(57)71-59)63(47-21-7-5-17-43(41)47)69-53-33-31-39-15-1-3-19-45(39)61(53)62-46-20-4-2-16-40(46)32-34-54(62)70-64-48-22-8-6-18-44(48)42(38-68)36-52(64)50-24-14-30-60-66(50)74-58-28-12-10-26-56(58)72-60/h1-36,67-68H,37-38H2. The van der Waals surface area contributed by atoms with Crippen molar-refractivity contribution < 1.29 is 19.7 Å². The summed E-state index contributed by atoms with van der Waals surface area (Å²) in [5.41, 5.74) is 7.31. The zero-order valence-electron chi connectivity index (χ0n) is 39.5. The largest absolute Gasteiger partial charge is 0.455 e. The average molecular weight is 1030 g/mol. The van der Waals surface area contributed by atoms with Crippen molar-refractivity contribution in [2.75, 3.05) is 0 Å². The van der Waals surface area contributed by atoms with Crippen LogP contribution in [0, 0.1) is 0 Å². The smallest absolute Gasteiger partial charge is 0.143 e. The number of hydrogen-bond acceptors (Lipinski definition) is 8. The number of ether oxygens (including phenoxy) is 2. The number of hydrogen-bond donors (Lipinski definition) is 2. The Balaban J connectivity index is 1.01. The molecule has 0 atom stereocenters. The molecular weight excluding hydrogens is 985 g/mol. The highest BCUT2D eigenvalue weighted by Crippen LogP contribution is 2.57. The van der Waals surface area contributed by atoms with E-state index in [1.165, 1.54) is 29.4 Å². The molecular formula is C66H42O4S4. The summed E-state index contributed by atoms with van der Waals surface area (Å²) in [6.45, 7) is -0.254. The van der Waals surface area contributed by atoms with Crippen molar-refractivity contribution in [2.24, 2.45) is 0 Å². The van der Waals surface area contributed by atoms with Gasteiger partial charge in [0, 0.05) is 83.3 Å². The molecule has 2 aliphatic rings. The number of aliphatic hydroxyl groups excluding tert-OH is 2. The fourth-order valence-corrected chi connectivity index (χ4v) is 15.4. The van der Waals surface area contributed by atoms with Crippen LogP contribution in [0.4, 0.5) is 0 Å². The van der Waals surface area contributed by atoms with Crippen molar-refractivity contribution in [1.82, 2.24) is 0 Å². The third-order valence-corrected chi connectivity index (χ3v) is 19.3. The molecule has 2 aliphatic heterocycles. The molecule has 4 nitrogen and oxygen atoms in total. The van der Waals surface area contributed by atoms with Gasteiger partial charge in [-0.05, 0) is 104 Å². The normalized spacial score (nSPS) is 12.6. The number of rotatable bonds is 9. The van der Waals surface area contributed by atoms with Crippen molar-refractivity contribution in [1.29, 1.82) is 0 Å². The Kier molecular flexibility index (Phi) is 11.5. The van der Waals surface area contributed by atoms with Gasteiger partial charge in [0.2, 0.25) is 0 Å². The Morgan fingerprint density at radius 2 is 0.649 bits per heavy atom. The molecule has 8 heteroatoms. The first kappa shape index (κ1) is 45.2. The highest BCUT2D eigenvalue weighted by Gasteiger charge is 2.29. The van der Waals surface area contributed by atoms with E-state index in [0.29, 0.717) is 23.0 Å². The minimum absolute atomic E-state index is 0.127. The van der Waals surface area contributed by atoms with Gasteiger partial charge in [-0.1, -0.05) is 205 Å². The van der Waals surface area contributed by atoms with Crippen molar-refractivity contribution >= 4 is 90.1 Å². The third kappa shape index (κ3) is 7.67. The summed E-state index contributed by atoms with van der Waals surface area (Å²) in [5.74, 6) is 2.73. The van der Waals surface area contributed by atoms with Crippen LogP contribution in [0.3, 0.4) is 0 Å². The van der Waals surface area contributed by atoms with E-state index in [4.69, 9.17) is 9.47 Å². The van der Waals surface area contributed by atoms with Crippen LogP contribution in [0.2, 0.25) is 0 Å². The van der Waals surface area contributed by atoms with E-state index >= 15 is 0 Å². The number of aliphatic hydroxyl groups is 2. The van der Waals surface area contributed by atoms with Gasteiger partial charge in [0.15, 0.2) is 0 Å². The first-order valence-electron chi connectivity index (χ1n) is 24.5. The average Bonchev–Trinajstić information content (AvgIpc) is 3.48. The van der Waals surface area contributed by atoms with Gasteiger partial charge >= 0.3 is 0 Å². The molecule has 0 saturated carbocycles. The molecule has 12 aromatic rings. The van der Waals surface area contributed by atoms with Crippen LogP contribution in [0.25, 0.3) is 76.5 Å². The summed E-state index contributed by atoms with van der Waals surface area (Å²) in [4.78, 5) is 9.55. The molecule has 0 unspecified atom stereocenters. The van der Waals surface area contributed by atoms with E-state index < -0.39 is 0 Å². The molecule has 0 fully saturated rings. The summed E-state index contributed by atoms with van der Waals surface area (Å²) in [6, 6.07) is 76.3. The highest BCUT2D eigenvalue weighted by molar-refractivity contribution is 8.05. The lowest BCUT2D eigenvalue weighted by atomic mass is 9.91. The highest BCUT2D eigenvalue weighted by atomic mass is 32.2. The monoisotopic (exact) mass is 1030 g/mol. The van der Waals surface area contributed by atoms with Crippen LogP contribution in [-0.4, -0.2) is 10.2 Å². The summed E-state index contributed by atoms with van der Waals surface area (Å²) in [7, 11) is 0. The second-order valence-electron chi connectivity index (χ2n) is 18.3. The van der Waals surface area contributed by atoms with E-state index in [2.05, 4.69) is 194 Å². The van der Waals surface area contributed by atoms with E-state index in [9.17, 15) is 10.2 Å². The van der Waals surface area contributed by atoms with E-state index in [-0.39, 0.29) is 13.2 Å². The van der Waals surface area contributed by atoms with Crippen molar-refractivity contribution in [3.63, 3.8) is 0 Å². The molecule has 0 spiro atoms. The zero-order valence-corrected chi connectivity index (χ0v) is 42.8. The lowest BCUT2D eigenvalue weighted by molar-refractivity contribution is 0.283. The third-order valence-electron chi connectivity index (χ3n) is 14.1. The van der Waals surface area contributed by atoms with Crippen LogP contribution in [0.5, 0.6) is 23.0 Å². The number of fused-ring (bicyclic) bond motifs is 8. The van der Waals surface area contributed by atoms with Gasteiger partial charge < -0.3 is 19.7 Å². The Bertz CT molecular complexity index is 3990. The molecule has 12 aromatic carbocycles. The van der Waals surface area contributed by atoms with Crippen LogP contribution < -0.4 is 9.47 Å². The minimum atomic E-state index is -0.127. The maximum atomic E-state index is 11.0. The number of benzene rings is 12. The fraction of sp³-hybridized carbons (Fsp3) is 0.0303. The Labute approximate surface area is 445 Å². The van der Waals surface area contributed by atoms with Gasteiger partial charge in [-0.3, -0.25) is 0 Å². The molecule has 0 aromatic heterocycles. The van der Waals surface area contributed by atoms with E-state index in [1.54, 1.807) is 47.0 Å². The quantitative estimate of drug-likeness (QED) is 0.148. The molecule has 0 amide bonds. The van der Waals surface area contributed by atoms with Crippen LogP contribution >= 0.6 is 47.0 Å². The molecule has 0 aliphatic carbocycles. The maximum absolute atomic E-state index is 11.0. The van der Waals surface area contributed by atoms with Crippen molar-refractivity contribution in [3.05, 3.63) is 230 Å². The van der Waals surface area contributed by atoms with Gasteiger partial charge in [0.1, 0.15) is 23.0 Å². The zero-order chi connectivity index (χ0) is 49.3. The Morgan fingerprint density at radius 1 is 0.297 bits per heavy atom. The summed E-state index contributed by atoms with van der Waals surface area (Å²) < 4.78 is 15.4. The predicted molar refractivity (Wildman–Crippen MR) is 307 cm³/mol. The summed E-state index contributed by atoms with van der Waals surface area (Å²) in [6.07, 6.45) is 0. The van der Waals surface area contributed by atoms with Crippen LogP contribution in [-0.2, 0) is 13.2 Å². The molecule has 2 heterocycles. The van der Waals surface area contributed by atoms with Gasteiger partial charge in [-0.2, -0.15) is 0 Å². The first-order valence-corrected chi connectivity index (χ1v) is 27.7. The molecule has 2 N–H and O–H groups in total. The summed E-state index contributed by atoms with van der Waals surface area (Å²) in [5, 5.41) is 29.8. The Morgan fingerprint density at radius 3 is 1.07 bits per heavy atom. The van der Waals surface area contributed by atoms with Gasteiger partial charge in [-0.15, -0.1) is 0 Å². The second kappa shape index (κ2) is 18.8. The molecule has 74 heavy (non-hydrogen) atoms. The van der Waals surface area contributed by atoms with E-state index in [0.717, 1.165) is 97.4 Å².